The molecule has 1 atom stereocenters. The second-order valence-corrected chi connectivity index (χ2v) is 7.00. The minimum atomic E-state index is -1.73. The molecule has 0 radical (unpaired) electrons. The Morgan fingerprint density at radius 1 is 0.966 bits per heavy atom. The van der Waals surface area contributed by atoms with E-state index in [1.807, 2.05) is 68.4 Å². The molecule has 1 unspecified atom stereocenters. The van der Waals surface area contributed by atoms with Gasteiger partial charge in [0.15, 0.2) is 0 Å². The van der Waals surface area contributed by atoms with Crippen molar-refractivity contribution in [1.29, 1.82) is 0 Å². The first kappa shape index (κ1) is 22.7. The monoisotopic (exact) mass is 400 g/mol. The van der Waals surface area contributed by atoms with Crippen molar-refractivity contribution < 1.29 is 19.4 Å². The van der Waals surface area contributed by atoms with Crippen LogP contribution in [0.3, 0.4) is 0 Å². The molecule has 0 saturated carbocycles. The lowest BCUT2D eigenvalue weighted by molar-refractivity contribution is -0.189. The molecule has 2 aromatic rings. The van der Waals surface area contributed by atoms with E-state index in [0.29, 0.717) is 30.3 Å². The van der Waals surface area contributed by atoms with Gasteiger partial charge in [0.1, 0.15) is 5.75 Å². The molecule has 0 saturated heterocycles. The summed E-state index contributed by atoms with van der Waals surface area (Å²) in [5, 5.41) is 10.4. The lowest BCUT2D eigenvalue weighted by Crippen LogP contribution is -2.64. The van der Waals surface area contributed by atoms with Gasteiger partial charge in [-0.15, -0.1) is 0 Å². The molecule has 0 spiro atoms. The molecule has 0 aliphatic rings. The van der Waals surface area contributed by atoms with Crippen molar-refractivity contribution in [3.05, 3.63) is 54.6 Å². The van der Waals surface area contributed by atoms with E-state index in [9.17, 15) is 9.90 Å². The first-order valence-corrected chi connectivity index (χ1v) is 10.1. The van der Waals surface area contributed by atoms with Crippen molar-refractivity contribution in [3.8, 4) is 5.75 Å². The second kappa shape index (κ2) is 10.8. The minimum Gasteiger partial charge on any atom is -0.491 e. The number of benzene rings is 2. The highest BCUT2D eigenvalue weighted by Crippen LogP contribution is 2.41. The van der Waals surface area contributed by atoms with Crippen molar-refractivity contribution in [2.24, 2.45) is 0 Å². The molecule has 2 rings (SSSR count). The molecule has 0 bridgehead atoms. The predicted octanol–water partition coefficient (Wildman–Crippen LogP) is 4.73. The number of unbranched alkanes of at least 4 members (excludes halogenated alkanes) is 1. The van der Waals surface area contributed by atoms with Crippen molar-refractivity contribution in [2.75, 3.05) is 32.2 Å². The van der Waals surface area contributed by atoms with Crippen LogP contribution in [-0.2, 0) is 9.53 Å². The lowest BCUT2D eigenvalue weighted by atomic mass is 10.1. The number of hydrogen-bond acceptors (Lipinski definition) is 5. The number of carboxylic acid groups (broad SMARTS) is 1. The standard InChI is InChI=1S/C23H32N2O4/c1-5-7-18-29-23(22(26)27,24(3)4)25(19-13-9-8-10-14-19)20-15-11-12-16-21(20)28-17-6-2/h8-16H,5-7,17-18H2,1-4H3,(H,26,27). The highest BCUT2D eigenvalue weighted by Gasteiger charge is 2.50. The van der Waals surface area contributed by atoms with Crippen LogP contribution in [0.4, 0.5) is 11.4 Å². The molecule has 0 fully saturated rings. The maximum atomic E-state index is 12.7. The molecular weight excluding hydrogens is 368 g/mol. The molecule has 0 aliphatic carbocycles. The molecule has 1 N–H and O–H groups in total. The van der Waals surface area contributed by atoms with E-state index >= 15 is 0 Å². The van der Waals surface area contributed by atoms with Gasteiger partial charge in [0, 0.05) is 5.69 Å². The number of aliphatic carboxylic acids is 1. The average molecular weight is 401 g/mol. The Labute approximate surface area is 173 Å². The van der Waals surface area contributed by atoms with E-state index in [1.165, 1.54) is 0 Å². The van der Waals surface area contributed by atoms with Crippen LogP contribution < -0.4 is 9.64 Å². The Bertz CT molecular complexity index is 766. The van der Waals surface area contributed by atoms with Crippen LogP contribution in [0, 0.1) is 0 Å². The number of nitrogens with zero attached hydrogens (tertiary/aromatic N) is 2. The van der Waals surface area contributed by atoms with Gasteiger partial charge in [0.2, 0.25) is 0 Å². The lowest BCUT2D eigenvalue weighted by Gasteiger charge is -2.45. The van der Waals surface area contributed by atoms with E-state index < -0.39 is 11.8 Å². The molecule has 0 aromatic heterocycles. The number of hydrogen-bond donors (Lipinski definition) is 1. The number of rotatable bonds is 12. The van der Waals surface area contributed by atoms with Gasteiger partial charge in [-0.2, -0.15) is 0 Å². The van der Waals surface area contributed by atoms with Gasteiger partial charge in [-0.3, -0.25) is 9.80 Å². The Morgan fingerprint density at radius 2 is 1.62 bits per heavy atom. The van der Waals surface area contributed by atoms with E-state index in [-0.39, 0.29) is 0 Å². The highest BCUT2D eigenvalue weighted by molar-refractivity contribution is 5.86. The van der Waals surface area contributed by atoms with E-state index in [0.717, 1.165) is 19.3 Å². The fraction of sp³-hybridized carbons (Fsp3) is 0.435. The predicted molar refractivity (Wildman–Crippen MR) is 116 cm³/mol. The molecule has 2 aromatic carbocycles. The van der Waals surface area contributed by atoms with Crippen molar-refractivity contribution >= 4 is 17.3 Å². The van der Waals surface area contributed by atoms with Gasteiger partial charge in [0.25, 0.3) is 0 Å². The zero-order chi connectivity index (χ0) is 21.3. The average Bonchev–Trinajstić information content (AvgIpc) is 2.72. The van der Waals surface area contributed by atoms with E-state index in [2.05, 4.69) is 0 Å². The molecule has 0 heterocycles. The van der Waals surface area contributed by atoms with Crippen molar-refractivity contribution in [1.82, 2.24) is 4.90 Å². The summed E-state index contributed by atoms with van der Waals surface area (Å²) in [7, 11) is 3.43. The van der Waals surface area contributed by atoms with Gasteiger partial charge in [-0.1, -0.05) is 50.6 Å². The molecule has 6 heteroatoms. The number of anilines is 2. The zero-order valence-electron chi connectivity index (χ0n) is 17.8. The summed E-state index contributed by atoms with van der Waals surface area (Å²) in [6, 6.07) is 16.9. The number of likely N-dealkylation sites (N-methyl/N-ethyl adjacent to an activating group) is 1. The maximum absolute atomic E-state index is 12.7. The molecule has 6 nitrogen and oxygen atoms in total. The summed E-state index contributed by atoms with van der Waals surface area (Å²) in [5.74, 6) is -2.21. The molecule has 0 aliphatic heterocycles. The van der Waals surface area contributed by atoms with Gasteiger partial charge in [-0.05, 0) is 51.2 Å². The Hall–Kier alpha value is -2.57. The molecular formula is C23H32N2O4. The van der Waals surface area contributed by atoms with Gasteiger partial charge >= 0.3 is 11.8 Å². The molecule has 29 heavy (non-hydrogen) atoms. The second-order valence-electron chi connectivity index (χ2n) is 7.00. The fourth-order valence-corrected chi connectivity index (χ4v) is 3.13. The SMILES string of the molecule is CCCCOC(C(=O)O)(N(C)C)N(c1ccccc1)c1ccccc1OCCC. The van der Waals surface area contributed by atoms with Crippen LogP contribution in [0.1, 0.15) is 33.1 Å². The molecule has 0 amide bonds. The summed E-state index contributed by atoms with van der Waals surface area (Å²) in [4.78, 5) is 16.0. The number of carbonyl (C=O) groups is 1. The van der Waals surface area contributed by atoms with Gasteiger partial charge in [0.05, 0.1) is 18.9 Å². The minimum absolute atomic E-state index is 0.322. The van der Waals surface area contributed by atoms with Crippen molar-refractivity contribution in [2.45, 2.75) is 39.0 Å². The summed E-state index contributed by atoms with van der Waals surface area (Å²) in [5.41, 5.74) is 1.34. The first-order valence-electron chi connectivity index (χ1n) is 10.1. The third-order valence-electron chi connectivity index (χ3n) is 4.57. The summed E-state index contributed by atoms with van der Waals surface area (Å²) < 4.78 is 12.1. The zero-order valence-corrected chi connectivity index (χ0v) is 17.8. The van der Waals surface area contributed by atoms with Crippen LogP contribution in [0.25, 0.3) is 0 Å². The number of carboxylic acids is 1. The topological polar surface area (TPSA) is 62.2 Å². The smallest absolute Gasteiger partial charge is 0.374 e. The Balaban J connectivity index is 2.70. The van der Waals surface area contributed by atoms with Gasteiger partial charge in [-0.25, -0.2) is 4.79 Å². The normalized spacial score (nSPS) is 13.1. The Morgan fingerprint density at radius 3 is 2.21 bits per heavy atom. The van der Waals surface area contributed by atoms with Crippen LogP contribution in [0.2, 0.25) is 0 Å². The van der Waals surface area contributed by atoms with E-state index in [1.54, 1.807) is 23.9 Å². The van der Waals surface area contributed by atoms with Gasteiger partial charge < -0.3 is 14.6 Å². The summed E-state index contributed by atoms with van der Waals surface area (Å²) in [6.45, 7) is 4.94. The Kier molecular flexibility index (Phi) is 8.49. The third kappa shape index (κ3) is 5.08. The van der Waals surface area contributed by atoms with Crippen LogP contribution in [0.5, 0.6) is 5.75 Å². The number of ether oxygens (including phenoxy) is 2. The number of para-hydroxylation sites is 3. The van der Waals surface area contributed by atoms with Crippen LogP contribution >= 0.6 is 0 Å². The quantitative estimate of drug-likeness (QED) is 0.410. The third-order valence-corrected chi connectivity index (χ3v) is 4.57. The van der Waals surface area contributed by atoms with Crippen LogP contribution in [-0.4, -0.2) is 49.1 Å². The highest BCUT2D eigenvalue weighted by atomic mass is 16.6. The maximum Gasteiger partial charge on any atom is 0.374 e. The first-order chi connectivity index (χ1) is 14.0. The summed E-state index contributed by atoms with van der Waals surface area (Å²) >= 11 is 0. The van der Waals surface area contributed by atoms with E-state index in [4.69, 9.17) is 9.47 Å². The van der Waals surface area contributed by atoms with Crippen molar-refractivity contribution in [3.63, 3.8) is 0 Å². The molecule has 158 valence electrons. The largest absolute Gasteiger partial charge is 0.491 e. The summed E-state index contributed by atoms with van der Waals surface area (Å²) in [6.07, 6.45) is 2.52. The fourth-order valence-electron chi connectivity index (χ4n) is 3.13. The van der Waals surface area contributed by atoms with Crippen LogP contribution in [0.15, 0.2) is 54.6 Å².